The van der Waals surface area contributed by atoms with E-state index in [-0.39, 0.29) is 17.3 Å². The lowest BCUT2D eigenvalue weighted by molar-refractivity contribution is 0.102. The van der Waals surface area contributed by atoms with Crippen molar-refractivity contribution in [1.29, 1.82) is 0 Å². The van der Waals surface area contributed by atoms with Crippen LogP contribution in [0.15, 0.2) is 97.1 Å². The Kier molecular flexibility index (Phi) is 9.10. The Balaban J connectivity index is 1.83. The van der Waals surface area contributed by atoms with Crippen molar-refractivity contribution in [3.8, 4) is 22.6 Å². The van der Waals surface area contributed by atoms with E-state index in [1.165, 1.54) is 0 Å². The van der Waals surface area contributed by atoms with Crippen LogP contribution in [0, 0.1) is 5.92 Å². The standard InChI is InChI=1S/C34H34O4/c1-3-5-14-24(4-2)23-38-30-22-21-29(33(36)26-17-10-7-11-18-26)31(34(30)37)27-19-12-13-20-28(27)32(35)25-15-8-6-9-16-25/h6-13,15-22,24,37H,3-5,14,23H2,1-2H3. The van der Waals surface area contributed by atoms with E-state index in [1.54, 1.807) is 72.8 Å². The molecule has 1 N–H and O–H groups in total. The molecular formula is C34H34O4. The zero-order valence-corrected chi connectivity index (χ0v) is 22.0. The summed E-state index contributed by atoms with van der Waals surface area (Å²) in [5.74, 6) is 0.122. The van der Waals surface area contributed by atoms with E-state index >= 15 is 0 Å². The number of benzene rings is 4. The van der Waals surface area contributed by atoms with Gasteiger partial charge in [-0.3, -0.25) is 9.59 Å². The smallest absolute Gasteiger partial charge is 0.193 e. The van der Waals surface area contributed by atoms with E-state index in [9.17, 15) is 14.7 Å². The third-order valence-corrected chi connectivity index (χ3v) is 6.92. The molecule has 4 nitrogen and oxygen atoms in total. The average Bonchev–Trinajstić information content (AvgIpc) is 2.98. The first kappa shape index (κ1) is 26.9. The van der Waals surface area contributed by atoms with Crippen molar-refractivity contribution in [1.82, 2.24) is 0 Å². The summed E-state index contributed by atoms with van der Waals surface area (Å²) in [6, 6.07) is 28.4. The highest BCUT2D eigenvalue weighted by Gasteiger charge is 2.25. The maximum atomic E-state index is 13.6. The highest BCUT2D eigenvalue weighted by molar-refractivity contribution is 6.17. The lowest BCUT2D eigenvalue weighted by atomic mass is 9.88. The summed E-state index contributed by atoms with van der Waals surface area (Å²) in [7, 11) is 0. The van der Waals surface area contributed by atoms with Gasteiger partial charge >= 0.3 is 0 Å². The number of carbonyl (C=O) groups is 2. The Morgan fingerprint density at radius 1 is 0.737 bits per heavy atom. The second kappa shape index (κ2) is 12.9. The van der Waals surface area contributed by atoms with Gasteiger partial charge in [-0.2, -0.15) is 0 Å². The number of carbonyl (C=O) groups excluding carboxylic acids is 2. The van der Waals surface area contributed by atoms with Gasteiger partial charge in [-0.05, 0) is 30.0 Å². The van der Waals surface area contributed by atoms with Crippen molar-refractivity contribution in [2.75, 3.05) is 6.61 Å². The fourth-order valence-corrected chi connectivity index (χ4v) is 4.65. The average molecular weight is 507 g/mol. The Labute approximate surface area is 224 Å². The quantitative estimate of drug-likeness (QED) is 0.197. The van der Waals surface area contributed by atoms with Crippen molar-refractivity contribution < 1.29 is 19.4 Å². The Morgan fingerprint density at radius 3 is 1.92 bits per heavy atom. The van der Waals surface area contributed by atoms with E-state index in [2.05, 4.69) is 13.8 Å². The molecule has 0 aliphatic heterocycles. The number of hydrogen-bond acceptors (Lipinski definition) is 4. The molecule has 0 fully saturated rings. The van der Waals surface area contributed by atoms with Crippen LogP contribution in [0.4, 0.5) is 0 Å². The molecule has 0 aliphatic carbocycles. The third kappa shape index (κ3) is 6.03. The molecule has 1 atom stereocenters. The van der Waals surface area contributed by atoms with Crippen LogP contribution in [0.3, 0.4) is 0 Å². The second-order valence-corrected chi connectivity index (χ2v) is 9.50. The molecule has 4 aromatic carbocycles. The van der Waals surface area contributed by atoms with Crippen LogP contribution in [-0.2, 0) is 0 Å². The fourth-order valence-electron chi connectivity index (χ4n) is 4.65. The number of phenols is 1. The molecule has 0 spiro atoms. The minimum absolute atomic E-state index is 0.134. The Bertz CT molecular complexity index is 1380. The summed E-state index contributed by atoms with van der Waals surface area (Å²) in [5.41, 5.74) is 2.54. The number of ether oxygens (including phenoxy) is 1. The highest BCUT2D eigenvalue weighted by Crippen LogP contribution is 2.42. The molecule has 1 unspecified atom stereocenters. The molecule has 4 rings (SSSR count). The summed E-state index contributed by atoms with van der Waals surface area (Å²) in [5, 5.41) is 11.6. The predicted molar refractivity (Wildman–Crippen MR) is 152 cm³/mol. The largest absolute Gasteiger partial charge is 0.504 e. The van der Waals surface area contributed by atoms with Crippen LogP contribution in [0.25, 0.3) is 11.1 Å². The monoisotopic (exact) mass is 506 g/mol. The van der Waals surface area contributed by atoms with Crippen molar-refractivity contribution in [3.63, 3.8) is 0 Å². The minimum atomic E-state index is -0.237. The minimum Gasteiger partial charge on any atom is -0.504 e. The van der Waals surface area contributed by atoms with Gasteiger partial charge < -0.3 is 9.84 Å². The number of ketones is 2. The molecular weight excluding hydrogens is 472 g/mol. The number of hydrogen-bond donors (Lipinski definition) is 1. The molecule has 0 aliphatic rings. The Hall–Kier alpha value is -4.18. The lowest BCUT2D eigenvalue weighted by Crippen LogP contribution is -2.12. The molecule has 0 saturated carbocycles. The van der Waals surface area contributed by atoms with Crippen molar-refractivity contribution in [2.45, 2.75) is 39.5 Å². The van der Waals surface area contributed by atoms with Crippen LogP contribution >= 0.6 is 0 Å². The first-order valence-electron chi connectivity index (χ1n) is 13.3. The molecule has 194 valence electrons. The van der Waals surface area contributed by atoms with Gasteiger partial charge in [0.25, 0.3) is 0 Å². The topological polar surface area (TPSA) is 63.6 Å². The highest BCUT2D eigenvalue weighted by atomic mass is 16.5. The number of rotatable bonds is 12. The van der Waals surface area contributed by atoms with Crippen LogP contribution in [0.2, 0.25) is 0 Å². The van der Waals surface area contributed by atoms with Gasteiger partial charge in [-0.15, -0.1) is 0 Å². The van der Waals surface area contributed by atoms with Crippen LogP contribution in [0.1, 0.15) is 71.4 Å². The molecule has 4 heteroatoms. The molecule has 0 amide bonds. The second-order valence-electron chi connectivity index (χ2n) is 9.50. The van der Waals surface area contributed by atoms with E-state index in [0.29, 0.717) is 51.7 Å². The zero-order valence-electron chi connectivity index (χ0n) is 22.0. The normalized spacial score (nSPS) is 11.6. The van der Waals surface area contributed by atoms with Gasteiger partial charge in [0.2, 0.25) is 0 Å². The molecule has 4 aromatic rings. The van der Waals surface area contributed by atoms with E-state index in [4.69, 9.17) is 4.74 Å². The third-order valence-electron chi connectivity index (χ3n) is 6.92. The molecule has 0 bridgehead atoms. The van der Waals surface area contributed by atoms with Crippen LogP contribution in [0.5, 0.6) is 11.5 Å². The summed E-state index contributed by atoms with van der Waals surface area (Å²) < 4.78 is 6.13. The van der Waals surface area contributed by atoms with Gasteiger partial charge in [-0.25, -0.2) is 0 Å². The first-order valence-corrected chi connectivity index (χ1v) is 13.3. The molecule has 0 saturated heterocycles. The van der Waals surface area contributed by atoms with Crippen molar-refractivity contribution in [3.05, 3.63) is 119 Å². The van der Waals surface area contributed by atoms with Crippen molar-refractivity contribution >= 4 is 11.6 Å². The number of phenolic OH excluding ortho intramolecular Hbond substituents is 1. The fraction of sp³-hybridized carbons (Fsp3) is 0.235. The summed E-state index contributed by atoms with van der Waals surface area (Å²) in [6.45, 7) is 4.78. The molecule has 0 radical (unpaired) electrons. The van der Waals surface area contributed by atoms with Crippen molar-refractivity contribution in [2.24, 2.45) is 5.92 Å². The summed E-state index contributed by atoms with van der Waals surface area (Å²) >= 11 is 0. The lowest BCUT2D eigenvalue weighted by Gasteiger charge is -2.20. The number of unbranched alkanes of at least 4 members (excludes halogenated alkanes) is 1. The van der Waals surface area contributed by atoms with Gasteiger partial charge in [-0.1, -0.05) is 118 Å². The van der Waals surface area contributed by atoms with Crippen LogP contribution < -0.4 is 4.74 Å². The summed E-state index contributed by atoms with van der Waals surface area (Å²) in [4.78, 5) is 27.2. The molecule has 38 heavy (non-hydrogen) atoms. The SMILES string of the molecule is CCCCC(CC)COc1ccc(C(=O)c2ccccc2)c(-c2ccccc2C(=O)c2ccccc2)c1O. The van der Waals surface area contributed by atoms with Gasteiger partial charge in [0.15, 0.2) is 23.1 Å². The van der Waals surface area contributed by atoms with E-state index in [1.807, 2.05) is 24.3 Å². The predicted octanol–water partition coefficient (Wildman–Crippen LogP) is 8.12. The van der Waals surface area contributed by atoms with Gasteiger partial charge in [0, 0.05) is 27.8 Å². The zero-order chi connectivity index (χ0) is 26.9. The van der Waals surface area contributed by atoms with Crippen LogP contribution in [-0.4, -0.2) is 23.3 Å². The van der Waals surface area contributed by atoms with E-state index in [0.717, 1.165) is 25.7 Å². The van der Waals surface area contributed by atoms with Gasteiger partial charge in [0.05, 0.1) is 6.61 Å². The van der Waals surface area contributed by atoms with E-state index < -0.39 is 0 Å². The first-order chi connectivity index (χ1) is 18.5. The number of aromatic hydroxyl groups is 1. The Morgan fingerprint density at radius 2 is 1.32 bits per heavy atom. The van der Waals surface area contributed by atoms with Gasteiger partial charge in [0.1, 0.15) is 0 Å². The summed E-state index contributed by atoms with van der Waals surface area (Å²) in [6.07, 6.45) is 4.28. The molecule has 0 aromatic heterocycles. The maximum absolute atomic E-state index is 13.6. The molecule has 0 heterocycles. The maximum Gasteiger partial charge on any atom is 0.193 e.